The number of benzene rings is 3. The number of carbonyl (C=O) groups excluding carboxylic acids is 3. The van der Waals surface area contributed by atoms with Gasteiger partial charge in [0.05, 0.1) is 39.4 Å². The number of hydrogen-bond donors (Lipinski definition) is 1. The molecule has 0 saturated carbocycles. The number of sulfonamides is 1. The first-order valence-electron chi connectivity index (χ1n) is 13.5. The van der Waals surface area contributed by atoms with Crippen LogP contribution in [0.25, 0.3) is 16.9 Å². The molecule has 5 rings (SSSR count). The lowest BCUT2D eigenvalue weighted by molar-refractivity contribution is -0.703. The summed E-state index contributed by atoms with van der Waals surface area (Å²) in [5.41, 5.74) is 0.746. The average Bonchev–Trinajstić information content (AvgIpc) is 3.58. The standard InChI is InChI=1S/C29H24F3N7O7S/c1-18-7-9-19(10-8-18)24-15-25(29(30,31)32)33-38(24)20-11-13-21(14-12-20)47(44,45)34-26(40)16-36(2)39(43)35-46-17-37-27(41)22-5-3-4-6-23(22)28(37)42/h3-15H,16-17H2,1-2H3,(H,34,40)/b39-35+. The molecule has 1 aromatic heterocycles. The van der Waals surface area contributed by atoms with Crippen molar-refractivity contribution in [2.75, 3.05) is 20.3 Å². The molecule has 0 fully saturated rings. The van der Waals surface area contributed by atoms with E-state index in [0.29, 0.717) is 10.6 Å². The molecular weight excluding hydrogens is 647 g/mol. The number of nitrogens with zero attached hydrogens (tertiary/aromatic N) is 6. The lowest BCUT2D eigenvalue weighted by atomic mass is 10.1. The van der Waals surface area contributed by atoms with Gasteiger partial charge in [0.2, 0.25) is 12.0 Å². The number of hydrazine groups is 1. The first-order valence-corrected chi connectivity index (χ1v) is 15.0. The summed E-state index contributed by atoms with van der Waals surface area (Å²) in [7, 11) is -3.39. The van der Waals surface area contributed by atoms with Crippen LogP contribution in [-0.2, 0) is 25.8 Å². The smallest absolute Gasteiger partial charge is 0.435 e. The highest BCUT2D eigenvalue weighted by atomic mass is 32.2. The van der Waals surface area contributed by atoms with E-state index in [1.165, 1.54) is 24.3 Å². The minimum Gasteiger partial charge on any atom is -0.569 e. The fourth-order valence-electron chi connectivity index (χ4n) is 4.47. The van der Waals surface area contributed by atoms with Crippen molar-refractivity contribution >= 4 is 27.7 Å². The quantitative estimate of drug-likeness (QED) is 0.114. The van der Waals surface area contributed by atoms with Gasteiger partial charge >= 0.3 is 6.18 Å². The Balaban J connectivity index is 1.22. The van der Waals surface area contributed by atoms with E-state index in [4.69, 9.17) is 4.84 Å². The number of aromatic nitrogens is 2. The number of alkyl halides is 3. The molecule has 0 saturated heterocycles. The number of carbonyl (C=O) groups is 3. The molecular formula is C29H24F3N7O7S. The van der Waals surface area contributed by atoms with E-state index in [0.717, 1.165) is 40.4 Å². The van der Waals surface area contributed by atoms with Gasteiger partial charge in [-0.25, -0.2) is 22.7 Å². The molecule has 0 spiro atoms. The number of halogens is 3. The maximum atomic E-state index is 13.5. The van der Waals surface area contributed by atoms with E-state index in [9.17, 15) is 41.2 Å². The molecule has 1 N–H and O–H groups in total. The Kier molecular flexibility index (Phi) is 8.70. The molecule has 0 aliphatic carbocycles. The molecule has 0 atom stereocenters. The number of nitrogens with one attached hydrogen (secondary N) is 1. The summed E-state index contributed by atoms with van der Waals surface area (Å²) in [5.74, 6) is -2.44. The zero-order valence-electron chi connectivity index (χ0n) is 24.5. The Labute approximate surface area is 264 Å². The average molecular weight is 672 g/mol. The van der Waals surface area contributed by atoms with E-state index in [1.54, 1.807) is 41.1 Å². The van der Waals surface area contributed by atoms with Crippen molar-refractivity contribution in [2.24, 2.45) is 5.28 Å². The van der Waals surface area contributed by atoms with Gasteiger partial charge in [0.1, 0.15) is 0 Å². The summed E-state index contributed by atoms with van der Waals surface area (Å²) in [6.45, 7) is 0.314. The van der Waals surface area contributed by atoms with Crippen molar-refractivity contribution in [2.45, 2.75) is 18.0 Å². The predicted octanol–water partition coefficient (Wildman–Crippen LogP) is 3.67. The van der Waals surface area contributed by atoms with Crippen molar-refractivity contribution in [1.82, 2.24) is 24.4 Å². The minimum absolute atomic E-state index is 0.115. The van der Waals surface area contributed by atoms with Crippen LogP contribution in [0.3, 0.4) is 0 Å². The third-order valence-corrected chi connectivity index (χ3v) is 8.23. The van der Waals surface area contributed by atoms with Crippen LogP contribution in [0.2, 0.25) is 0 Å². The maximum Gasteiger partial charge on any atom is 0.435 e. The second-order valence-electron chi connectivity index (χ2n) is 10.2. The number of hydrogen-bond acceptors (Lipinski definition) is 9. The van der Waals surface area contributed by atoms with Crippen LogP contribution in [-0.4, -0.2) is 71.1 Å². The van der Waals surface area contributed by atoms with Crippen LogP contribution in [0, 0.1) is 12.1 Å². The van der Waals surface area contributed by atoms with Gasteiger partial charge < -0.3 is 10.0 Å². The largest absolute Gasteiger partial charge is 0.569 e. The molecule has 0 unspecified atom stereocenters. The Morgan fingerprint density at radius 3 is 2.19 bits per heavy atom. The second kappa shape index (κ2) is 12.5. The van der Waals surface area contributed by atoms with Gasteiger partial charge in [-0.05, 0) is 49.4 Å². The van der Waals surface area contributed by atoms with Gasteiger partial charge in [0.15, 0.2) is 12.2 Å². The Hall–Kier alpha value is -5.78. The van der Waals surface area contributed by atoms with Crippen molar-refractivity contribution in [3.05, 3.63) is 106 Å². The van der Waals surface area contributed by atoms with E-state index in [2.05, 4.69) is 10.4 Å². The summed E-state index contributed by atoms with van der Waals surface area (Å²) in [6.07, 6.45) is -4.73. The molecule has 2 heterocycles. The van der Waals surface area contributed by atoms with Gasteiger partial charge in [0.25, 0.3) is 27.7 Å². The van der Waals surface area contributed by atoms with Crippen molar-refractivity contribution in [3.63, 3.8) is 0 Å². The fourth-order valence-corrected chi connectivity index (χ4v) is 5.45. The summed E-state index contributed by atoms with van der Waals surface area (Å²) in [4.78, 5) is 42.1. The van der Waals surface area contributed by atoms with Crippen molar-refractivity contribution in [1.29, 1.82) is 0 Å². The van der Waals surface area contributed by atoms with Crippen LogP contribution in [0.4, 0.5) is 13.2 Å². The molecule has 1 aliphatic rings. The Morgan fingerprint density at radius 2 is 1.62 bits per heavy atom. The molecule has 244 valence electrons. The number of rotatable bonds is 10. The summed E-state index contributed by atoms with van der Waals surface area (Å²) >= 11 is 0. The van der Waals surface area contributed by atoms with Gasteiger partial charge in [-0.2, -0.15) is 18.3 Å². The lowest BCUT2D eigenvalue weighted by Gasteiger charge is -2.14. The van der Waals surface area contributed by atoms with E-state index < -0.39 is 57.8 Å². The van der Waals surface area contributed by atoms with Crippen LogP contribution in [0.15, 0.2) is 89.0 Å². The zero-order chi connectivity index (χ0) is 34.1. The van der Waals surface area contributed by atoms with E-state index >= 15 is 0 Å². The predicted molar refractivity (Wildman–Crippen MR) is 156 cm³/mol. The first kappa shape index (κ1) is 32.6. The number of imide groups is 1. The number of amides is 3. The van der Waals surface area contributed by atoms with Gasteiger partial charge in [-0.1, -0.05) is 42.0 Å². The van der Waals surface area contributed by atoms with Crippen LogP contribution in [0.5, 0.6) is 0 Å². The number of likely N-dealkylation sites (N-methyl/N-ethyl adjacent to an activating group) is 1. The molecule has 14 nitrogen and oxygen atoms in total. The van der Waals surface area contributed by atoms with Gasteiger partial charge in [0, 0.05) is 5.56 Å². The summed E-state index contributed by atoms with van der Waals surface area (Å²) in [5, 5.41) is 19.7. The molecule has 0 bridgehead atoms. The highest BCUT2D eigenvalue weighted by Gasteiger charge is 2.36. The Bertz CT molecular complexity index is 1960. The minimum atomic E-state index is -4.73. The summed E-state index contributed by atoms with van der Waals surface area (Å²) in [6, 6.07) is 18.2. The third-order valence-electron chi connectivity index (χ3n) is 6.84. The molecule has 18 heteroatoms. The van der Waals surface area contributed by atoms with Crippen molar-refractivity contribution < 1.29 is 45.8 Å². The normalized spacial score (nSPS) is 13.5. The highest BCUT2D eigenvalue weighted by Crippen LogP contribution is 2.33. The molecule has 3 amide bonds. The van der Waals surface area contributed by atoms with Crippen LogP contribution >= 0.6 is 0 Å². The van der Waals surface area contributed by atoms with E-state index in [1.807, 2.05) is 6.92 Å². The molecule has 4 aromatic rings. The van der Waals surface area contributed by atoms with Gasteiger partial charge in [-0.15, -0.1) is 5.01 Å². The second-order valence-corrected chi connectivity index (χ2v) is 11.9. The Morgan fingerprint density at radius 1 is 1.02 bits per heavy atom. The van der Waals surface area contributed by atoms with Crippen molar-refractivity contribution in [3.8, 4) is 16.9 Å². The van der Waals surface area contributed by atoms with Gasteiger partial charge in [-0.3, -0.25) is 14.4 Å². The zero-order valence-corrected chi connectivity index (χ0v) is 25.3. The fraction of sp³-hybridized carbons (Fsp3) is 0.172. The maximum absolute atomic E-state index is 13.5. The lowest BCUT2D eigenvalue weighted by Crippen LogP contribution is -2.41. The number of fused-ring (bicyclic) bond motifs is 1. The summed E-state index contributed by atoms with van der Waals surface area (Å²) < 4.78 is 69.0. The number of aryl methyl sites for hydroxylation is 1. The third kappa shape index (κ3) is 6.91. The topological polar surface area (TPSA) is 169 Å². The molecule has 0 radical (unpaired) electrons. The van der Waals surface area contributed by atoms with Crippen LogP contribution < -0.4 is 4.72 Å². The van der Waals surface area contributed by atoms with Crippen LogP contribution in [0.1, 0.15) is 32.0 Å². The molecule has 47 heavy (non-hydrogen) atoms. The SMILES string of the molecule is Cc1ccc(-c2cc(C(F)(F)F)nn2-c2ccc(S(=O)(=O)NC(=O)CN(C)/[N+]([O-])=N\OCN3C(=O)c4ccccc4C3=O)cc2)cc1. The van der Waals surface area contributed by atoms with E-state index in [-0.39, 0.29) is 27.5 Å². The first-order chi connectivity index (χ1) is 22.2. The molecule has 3 aromatic carbocycles. The highest BCUT2D eigenvalue weighted by molar-refractivity contribution is 7.90. The molecule has 1 aliphatic heterocycles. The monoisotopic (exact) mass is 671 g/mol.